The summed E-state index contributed by atoms with van der Waals surface area (Å²) in [4.78, 5) is 27.5. The minimum absolute atomic E-state index is 0.0264. The van der Waals surface area contributed by atoms with Crippen molar-refractivity contribution in [3.05, 3.63) is 60.2 Å². The van der Waals surface area contributed by atoms with Gasteiger partial charge in [-0.3, -0.25) is 9.69 Å². The molecule has 0 atom stereocenters. The lowest BCUT2D eigenvalue weighted by molar-refractivity contribution is -0.129. The lowest BCUT2D eigenvalue weighted by Gasteiger charge is -2.41. The summed E-state index contributed by atoms with van der Waals surface area (Å²) in [6.45, 7) is 4.32. The topological polar surface area (TPSA) is 112 Å². The van der Waals surface area contributed by atoms with Crippen LogP contribution in [0.15, 0.2) is 48.8 Å². The Kier molecular flexibility index (Phi) is 5.01. The van der Waals surface area contributed by atoms with E-state index in [-0.39, 0.29) is 30.7 Å². The molecule has 9 nitrogen and oxygen atoms in total. The monoisotopic (exact) mass is 447 g/mol. The summed E-state index contributed by atoms with van der Waals surface area (Å²) in [6, 6.07) is 10.2. The number of nitrogen functional groups attached to an aromatic ring is 1. The van der Waals surface area contributed by atoms with Crippen molar-refractivity contribution in [2.24, 2.45) is 0 Å². The van der Waals surface area contributed by atoms with Gasteiger partial charge >= 0.3 is 0 Å². The number of pyridine rings is 1. The van der Waals surface area contributed by atoms with E-state index in [1.54, 1.807) is 40.0 Å². The molecule has 33 heavy (non-hydrogen) atoms. The Labute approximate surface area is 189 Å². The average molecular weight is 447 g/mol. The maximum absolute atomic E-state index is 14.2. The highest BCUT2D eigenvalue weighted by molar-refractivity contribution is 5.98. The van der Waals surface area contributed by atoms with E-state index in [9.17, 15) is 9.18 Å². The number of hydrogen-bond donors (Lipinski definition) is 1. The largest absolute Gasteiger partial charge is 0.382 e. The predicted molar refractivity (Wildman–Crippen MR) is 121 cm³/mol. The van der Waals surface area contributed by atoms with Crippen LogP contribution in [0.3, 0.4) is 0 Å². The van der Waals surface area contributed by atoms with E-state index in [4.69, 9.17) is 10.5 Å². The van der Waals surface area contributed by atoms with Crippen LogP contribution in [0.2, 0.25) is 0 Å². The van der Waals surface area contributed by atoms with Gasteiger partial charge in [-0.15, -0.1) is 0 Å². The number of benzene rings is 1. The molecule has 1 saturated heterocycles. The lowest BCUT2D eigenvalue weighted by Crippen LogP contribution is -2.56. The standard InChI is InChI=1S/C23H22FN7O2/c1-23(2)13-33-12-18(32)31(23)17-10-27-21(28-20(17)25)19-15-7-5-9-26-22(15)30(29-19)11-14-6-3-4-8-16(14)24/h3-10H,11-13H2,1-2H3,(H2,25,27,28). The van der Waals surface area contributed by atoms with Crippen LogP contribution in [-0.4, -0.2) is 49.4 Å². The van der Waals surface area contributed by atoms with Crippen molar-refractivity contribution in [2.45, 2.75) is 25.9 Å². The lowest BCUT2D eigenvalue weighted by atomic mass is 10.0. The quantitative estimate of drug-likeness (QED) is 0.512. The van der Waals surface area contributed by atoms with Gasteiger partial charge in [0.15, 0.2) is 17.3 Å². The molecular formula is C23H22FN7O2. The van der Waals surface area contributed by atoms with Gasteiger partial charge < -0.3 is 10.5 Å². The molecule has 4 aromatic rings. The fourth-order valence-electron chi connectivity index (χ4n) is 4.06. The SMILES string of the molecule is CC1(C)COCC(=O)N1c1cnc(-c2nn(Cc3ccccc3F)c3ncccc23)nc1N. The van der Waals surface area contributed by atoms with Crippen LogP contribution in [-0.2, 0) is 16.1 Å². The van der Waals surface area contributed by atoms with Gasteiger partial charge in [-0.25, -0.2) is 24.0 Å². The number of carbonyl (C=O) groups excluding carboxylic acids is 1. The van der Waals surface area contributed by atoms with Crippen LogP contribution in [0.1, 0.15) is 19.4 Å². The van der Waals surface area contributed by atoms with Gasteiger partial charge in [0.1, 0.15) is 23.8 Å². The smallest absolute Gasteiger partial charge is 0.253 e. The van der Waals surface area contributed by atoms with Crippen molar-refractivity contribution in [3.63, 3.8) is 0 Å². The van der Waals surface area contributed by atoms with Crippen molar-refractivity contribution in [2.75, 3.05) is 23.8 Å². The van der Waals surface area contributed by atoms with Crippen molar-refractivity contribution in [1.82, 2.24) is 24.7 Å². The van der Waals surface area contributed by atoms with Crippen LogP contribution in [0.5, 0.6) is 0 Å². The first-order valence-electron chi connectivity index (χ1n) is 10.4. The van der Waals surface area contributed by atoms with E-state index >= 15 is 0 Å². The highest BCUT2D eigenvalue weighted by Gasteiger charge is 2.38. The number of nitrogens with two attached hydrogens (primary N) is 1. The summed E-state index contributed by atoms with van der Waals surface area (Å²) < 4.78 is 21.2. The first kappa shape index (κ1) is 21.0. The zero-order valence-corrected chi connectivity index (χ0v) is 18.2. The number of morpholine rings is 1. The summed E-state index contributed by atoms with van der Waals surface area (Å²) >= 11 is 0. The van der Waals surface area contributed by atoms with Crippen molar-refractivity contribution in [3.8, 4) is 11.5 Å². The van der Waals surface area contributed by atoms with Crippen LogP contribution < -0.4 is 10.6 Å². The van der Waals surface area contributed by atoms with Crippen LogP contribution in [0.4, 0.5) is 15.9 Å². The number of amides is 1. The summed E-state index contributed by atoms with van der Waals surface area (Å²) in [7, 11) is 0. The van der Waals surface area contributed by atoms with Crippen LogP contribution in [0.25, 0.3) is 22.6 Å². The number of nitrogens with zero attached hydrogens (tertiary/aromatic N) is 6. The molecule has 1 amide bonds. The van der Waals surface area contributed by atoms with E-state index in [1.165, 1.54) is 12.3 Å². The number of ether oxygens (including phenoxy) is 1. The molecule has 0 unspecified atom stereocenters. The number of rotatable bonds is 4. The zero-order valence-electron chi connectivity index (χ0n) is 18.2. The minimum atomic E-state index is -0.591. The molecule has 1 aliphatic rings. The van der Waals surface area contributed by atoms with Gasteiger partial charge in [0.25, 0.3) is 5.91 Å². The van der Waals surface area contributed by atoms with Crippen molar-refractivity contribution >= 4 is 28.4 Å². The Morgan fingerprint density at radius 2 is 2.00 bits per heavy atom. The second-order valence-corrected chi connectivity index (χ2v) is 8.47. The van der Waals surface area contributed by atoms with Gasteiger partial charge in [-0.1, -0.05) is 18.2 Å². The highest BCUT2D eigenvalue weighted by atomic mass is 19.1. The third kappa shape index (κ3) is 3.68. The maximum Gasteiger partial charge on any atom is 0.253 e. The summed E-state index contributed by atoms with van der Waals surface area (Å²) in [5.41, 5.74) is 7.65. The first-order chi connectivity index (χ1) is 15.8. The maximum atomic E-state index is 14.2. The Hall–Kier alpha value is -3.92. The molecule has 1 aliphatic heterocycles. The number of carbonyl (C=O) groups is 1. The molecule has 0 bridgehead atoms. The van der Waals surface area contributed by atoms with E-state index < -0.39 is 5.54 Å². The summed E-state index contributed by atoms with van der Waals surface area (Å²) in [6.07, 6.45) is 3.18. The molecule has 5 rings (SSSR count). The molecule has 168 valence electrons. The van der Waals surface area contributed by atoms with E-state index in [1.807, 2.05) is 19.9 Å². The molecule has 0 radical (unpaired) electrons. The third-order valence-corrected chi connectivity index (χ3v) is 5.57. The summed E-state index contributed by atoms with van der Waals surface area (Å²) in [5, 5.41) is 5.34. The summed E-state index contributed by atoms with van der Waals surface area (Å²) in [5.74, 6) is -0.0801. The number of halogens is 1. The molecule has 1 fully saturated rings. The Morgan fingerprint density at radius 3 is 2.76 bits per heavy atom. The highest BCUT2D eigenvalue weighted by Crippen LogP contribution is 2.33. The molecule has 4 heterocycles. The van der Waals surface area contributed by atoms with E-state index in [2.05, 4.69) is 20.1 Å². The van der Waals surface area contributed by atoms with Gasteiger partial charge in [0.2, 0.25) is 0 Å². The molecule has 1 aromatic carbocycles. The average Bonchev–Trinajstić information content (AvgIpc) is 3.14. The normalized spacial score (nSPS) is 15.8. The molecule has 10 heteroatoms. The van der Waals surface area contributed by atoms with Crippen molar-refractivity contribution in [1.29, 1.82) is 0 Å². The van der Waals surface area contributed by atoms with Crippen LogP contribution >= 0.6 is 0 Å². The van der Waals surface area contributed by atoms with Gasteiger partial charge in [-0.05, 0) is 32.0 Å². The number of fused-ring (bicyclic) bond motifs is 1. The molecule has 0 saturated carbocycles. The fourth-order valence-corrected chi connectivity index (χ4v) is 4.06. The molecule has 3 aromatic heterocycles. The van der Waals surface area contributed by atoms with Crippen LogP contribution in [0, 0.1) is 5.82 Å². The minimum Gasteiger partial charge on any atom is -0.382 e. The Bertz CT molecular complexity index is 1370. The second-order valence-electron chi connectivity index (χ2n) is 8.47. The van der Waals surface area contributed by atoms with E-state index in [0.717, 1.165) is 0 Å². The Balaban J connectivity index is 1.57. The third-order valence-electron chi connectivity index (χ3n) is 5.57. The molecule has 0 spiro atoms. The Morgan fingerprint density at radius 1 is 1.18 bits per heavy atom. The molecule has 0 aliphatic carbocycles. The molecule has 2 N–H and O–H groups in total. The zero-order chi connectivity index (χ0) is 23.2. The second kappa shape index (κ2) is 7.89. The van der Waals surface area contributed by atoms with Gasteiger partial charge in [0.05, 0.1) is 30.3 Å². The van der Waals surface area contributed by atoms with Crippen molar-refractivity contribution < 1.29 is 13.9 Å². The molecular weight excluding hydrogens is 425 g/mol. The fraction of sp³-hybridized carbons (Fsp3) is 0.261. The predicted octanol–water partition coefficient (Wildman–Crippen LogP) is 2.80. The number of aromatic nitrogens is 5. The first-order valence-corrected chi connectivity index (χ1v) is 10.4. The number of anilines is 2. The van der Waals surface area contributed by atoms with Gasteiger partial charge in [0, 0.05) is 11.8 Å². The van der Waals surface area contributed by atoms with Gasteiger partial charge in [-0.2, -0.15) is 5.10 Å². The van der Waals surface area contributed by atoms with E-state index in [0.29, 0.717) is 40.4 Å². The number of hydrogen-bond acceptors (Lipinski definition) is 7.